The molecule has 0 spiro atoms. The fraction of sp³-hybridized carbons (Fsp3) is 0.222. The SMILES string of the molecule is CCn1c(CNC(=O)C=Cc2cc(CO)cs2)nc2ccccc21. The van der Waals surface area contributed by atoms with Gasteiger partial charge in [-0.2, -0.15) is 0 Å². The average molecular weight is 341 g/mol. The zero-order chi connectivity index (χ0) is 16.9. The molecule has 0 aliphatic carbocycles. The van der Waals surface area contributed by atoms with E-state index in [1.807, 2.05) is 35.7 Å². The number of carbonyl (C=O) groups is 1. The van der Waals surface area contributed by atoms with Crippen molar-refractivity contribution in [2.24, 2.45) is 0 Å². The van der Waals surface area contributed by atoms with Crippen LogP contribution in [0.25, 0.3) is 17.1 Å². The highest BCUT2D eigenvalue weighted by molar-refractivity contribution is 7.11. The minimum atomic E-state index is -0.163. The van der Waals surface area contributed by atoms with E-state index in [-0.39, 0.29) is 12.5 Å². The Hall–Kier alpha value is -2.44. The first kappa shape index (κ1) is 16.4. The number of rotatable bonds is 6. The molecule has 3 aromatic rings. The van der Waals surface area contributed by atoms with Crippen molar-refractivity contribution in [1.82, 2.24) is 14.9 Å². The number of hydrogen-bond donors (Lipinski definition) is 2. The molecule has 3 rings (SSSR count). The Morgan fingerprint density at radius 1 is 1.42 bits per heavy atom. The molecule has 0 aliphatic heterocycles. The molecule has 1 aromatic carbocycles. The minimum Gasteiger partial charge on any atom is -0.392 e. The number of aromatic nitrogens is 2. The number of nitrogens with zero attached hydrogens (tertiary/aromatic N) is 2. The third-order valence-electron chi connectivity index (χ3n) is 3.73. The van der Waals surface area contributed by atoms with Crippen LogP contribution in [0.15, 0.2) is 41.8 Å². The predicted octanol–water partition coefficient (Wildman–Crippen LogP) is 2.94. The fourth-order valence-electron chi connectivity index (χ4n) is 2.56. The summed E-state index contributed by atoms with van der Waals surface area (Å²) >= 11 is 1.50. The van der Waals surface area contributed by atoms with Crippen LogP contribution in [0.4, 0.5) is 0 Å². The summed E-state index contributed by atoms with van der Waals surface area (Å²) < 4.78 is 2.10. The van der Waals surface area contributed by atoms with E-state index in [2.05, 4.69) is 21.8 Å². The second-order valence-corrected chi connectivity index (χ2v) is 6.27. The van der Waals surface area contributed by atoms with Crippen molar-refractivity contribution in [2.45, 2.75) is 26.6 Å². The van der Waals surface area contributed by atoms with Gasteiger partial charge in [0.1, 0.15) is 5.82 Å². The Balaban J connectivity index is 1.66. The Morgan fingerprint density at radius 2 is 2.25 bits per heavy atom. The minimum absolute atomic E-state index is 0.0176. The third kappa shape index (κ3) is 3.55. The normalized spacial score (nSPS) is 11.4. The standard InChI is InChI=1S/C18H19N3O2S/c1-2-21-16-6-4-3-5-15(16)20-17(21)10-19-18(23)8-7-14-9-13(11-22)12-24-14/h3-9,12,22H,2,10-11H2,1H3,(H,19,23). The van der Waals surface area contributed by atoms with Gasteiger partial charge in [-0.3, -0.25) is 4.79 Å². The molecule has 2 N–H and O–H groups in total. The third-order valence-corrected chi connectivity index (χ3v) is 4.67. The monoisotopic (exact) mass is 341 g/mol. The summed E-state index contributed by atoms with van der Waals surface area (Å²) in [5.41, 5.74) is 2.88. The number of imidazole rings is 1. The smallest absolute Gasteiger partial charge is 0.244 e. The molecule has 0 bridgehead atoms. The zero-order valence-electron chi connectivity index (χ0n) is 13.4. The van der Waals surface area contributed by atoms with Crippen LogP contribution < -0.4 is 5.32 Å². The van der Waals surface area contributed by atoms with Gasteiger partial charge in [0.2, 0.25) is 5.91 Å². The first-order chi connectivity index (χ1) is 11.7. The summed E-state index contributed by atoms with van der Waals surface area (Å²) in [6.07, 6.45) is 3.26. The molecule has 1 amide bonds. The topological polar surface area (TPSA) is 67.2 Å². The molecule has 6 heteroatoms. The van der Waals surface area contributed by atoms with E-state index >= 15 is 0 Å². The summed E-state index contributed by atoms with van der Waals surface area (Å²) in [6.45, 7) is 3.28. The lowest BCUT2D eigenvalue weighted by Gasteiger charge is -2.06. The molecule has 2 aromatic heterocycles. The summed E-state index contributed by atoms with van der Waals surface area (Å²) in [6, 6.07) is 9.82. The molecule has 0 radical (unpaired) electrons. The zero-order valence-corrected chi connectivity index (χ0v) is 14.2. The van der Waals surface area contributed by atoms with Crippen LogP contribution in [0.5, 0.6) is 0 Å². The first-order valence-electron chi connectivity index (χ1n) is 7.79. The van der Waals surface area contributed by atoms with Gasteiger partial charge in [0, 0.05) is 17.5 Å². The van der Waals surface area contributed by atoms with Crippen LogP contribution in [0.2, 0.25) is 0 Å². The van der Waals surface area contributed by atoms with Crippen LogP contribution in [0.1, 0.15) is 23.2 Å². The van der Waals surface area contributed by atoms with E-state index in [9.17, 15) is 4.79 Å². The fourth-order valence-corrected chi connectivity index (χ4v) is 3.36. The Morgan fingerprint density at radius 3 is 3.00 bits per heavy atom. The van der Waals surface area contributed by atoms with Crippen LogP contribution in [-0.4, -0.2) is 20.6 Å². The Kier molecular flexibility index (Phi) is 5.08. The molecule has 124 valence electrons. The van der Waals surface area contributed by atoms with Gasteiger partial charge in [-0.1, -0.05) is 12.1 Å². The maximum absolute atomic E-state index is 12.0. The van der Waals surface area contributed by atoms with Crippen molar-refractivity contribution >= 4 is 34.4 Å². The van der Waals surface area contributed by atoms with Crippen LogP contribution >= 0.6 is 11.3 Å². The molecule has 0 unspecified atom stereocenters. The van der Waals surface area contributed by atoms with E-state index in [1.165, 1.54) is 17.4 Å². The van der Waals surface area contributed by atoms with Gasteiger partial charge in [-0.15, -0.1) is 11.3 Å². The maximum Gasteiger partial charge on any atom is 0.244 e. The molecule has 5 nitrogen and oxygen atoms in total. The molecule has 0 saturated carbocycles. The van der Waals surface area contributed by atoms with Crippen molar-refractivity contribution in [2.75, 3.05) is 0 Å². The number of aliphatic hydroxyl groups is 1. The number of nitrogens with one attached hydrogen (secondary N) is 1. The van der Waals surface area contributed by atoms with Gasteiger partial charge in [0.25, 0.3) is 0 Å². The molecular formula is C18H19N3O2S. The Bertz CT molecular complexity index is 879. The number of para-hydroxylation sites is 2. The van der Waals surface area contributed by atoms with Crippen LogP contribution in [-0.2, 0) is 24.5 Å². The number of aryl methyl sites for hydroxylation is 1. The highest BCUT2D eigenvalue weighted by Crippen LogP contribution is 2.17. The van der Waals surface area contributed by atoms with E-state index in [1.54, 1.807) is 6.08 Å². The van der Waals surface area contributed by atoms with E-state index in [0.717, 1.165) is 33.8 Å². The van der Waals surface area contributed by atoms with Gasteiger partial charge < -0.3 is 15.0 Å². The highest BCUT2D eigenvalue weighted by atomic mass is 32.1. The summed E-state index contributed by atoms with van der Waals surface area (Å²) in [5.74, 6) is 0.683. The second-order valence-electron chi connectivity index (χ2n) is 5.33. The molecular weight excluding hydrogens is 322 g/mol. The van der Waals surface area contributed by atoms with E-state index in [4.69, 9.17) is 5.11 Å². The van der Waals surface area contributed by atoms with Gasteiger partial charge in [-0.05, 0) is 42.1 Å². The van der Waals surface area contributed by atoms with Crippen LogP contribution in [0, 0.1) is 0 Å². The number of hydrogen-bond acceptors (Lipinski definition) is 4. The quantitative estimate of drug-likeness (QED) is 0.678. The van der Waals surface area contributed by atoms with E-state index in [0.29, 0.717) is 6.54 Å². The first-order valence-corrected chi connectivity index (χ1v) is 8.67. The van der Waals surface area contributed by atoms with Crippen molar-refractivity contribution < 1.29 is 9.90 Å². The molecule has 2 heterocycles. The van der Waals surface area contributed by atoms with Crippen molar-refractivity contribution in [1.29, 1.82) is 0 Å². The van der Waals surface area contributed by atoms with Gasteiger partial charge in [-0.25, -0.2) is 4.98 Å². The summed E-state index contributed by atoms with van der Waals surface area (Å²) in [5, 5.41) is 13.8. The number of benzene rings is 1. The molecule has 0 atom stereocenters. The molecule has 0 aliphatic rings. The number of carbonyl (C=O) groups excluding carboxylic acids is 1. The van der Waals surface area contributed by atoms with Gasteiger partial charge >= 0.3 is 0 Å². The second kappa shape index (κ2) is 7.42. The lowest BCUT2D eigenvalue weighted by molar-refractivity contribution is -0.116. The summed E-state index contributed by atoms with van der Waals surface area (Å²) in [4.78, 5) is 17.5. The number of fused-ring (bicyclic) bond motifs is 1. The van der Waals surface area contributed by atoms with Gasteiger partial charge in [0.05, 0.1) is 24.2 Å². The van der Waals surface area contributed by atoms with E-state index < -0.39 is 0 Å². The lowest BCUT2D eigenvalue weighted by atomic mass is 10.3. The number of thiophene rings is 1. The maximum atomic E-state index is 12.0. The van der Waals surface area contributed by atoms with Gasteiger partial charge in [0.15, 0.2) is 0 Å². The van der Waals surface area contributed by atoms with Crippen molar-refractivity contribution in [3.63, 3.8) is 0 Å². The highest BCUT2D eigenvalue weighted by Gasteiger charge is 2.09. The van der Waals surface area contributed by atoms with Crippen molar-refractivity contribution in [3.05, 3.63) is 58.1 Å². The largest absolute Gasteiger partial charge is 0.392 e. The molecule has 0 fully saturated rings. The summed E-state index contributed by atoms with van der Waals surface area (Å²) in [7, 11) is 0. The number of amides is 1. The van der Waals surface area contributed by atoms with Crippen molar-refractivity contribution in [3.8, 4) is 0 Å². The predicted molar refractivity (Wildman–Crippen MR) is 96.5 cm³/mol. The number of aliphatic hydroxyl groups excluding tert-OH is 1. The average Bonchev–Trinajstić information content (AvgIpc) is 3.21. The molecule has 0 saturated heterocycles. The van der Waals surface area contributed by atoms with Crippen LogP contribution in [0.3, 0.4) is 0 Å². The molecule has 24 heavy (non-hydrogen) atoms. The Labute approximate surface area is 144 Å². The lowest BCUT2D eigenvalue weighted by Crippen LogP contribution is -2.22.